The molecule has 1 N–H and O–H groups in total. The summed E-state index contributed by atoms with van der Waals surface area (Å²) in [5.74, 6) is -0.337. The summed E-state index contributed by atoms with van der Waals surface area (Å²) >= 11 is 12.6. The fourth-order valence-corrected chi connectivity index (χ4v) is 4.39. The second-order valence-corrected chi connectivity index (χ2v) is 8.71. The summed E-state index contributed by atoms with van der Waals surface area (Å²) in [7, 11) is 0. The zero-order valence-electron chi connectivity index (χ0n) is 18.4. The average Bonchev–Trinajstić information content (AvgIpc) is 2.75. The van der Waals surface area contributed by atoms with E-state index in [1.807, 2.05) is 13.8 Å². The first-order chi connectivity index (χ1) is 15.3. The predicted molar refractivity (Wildman–Crippen MR) is 125 cm³/mol. The van der Waals surface area contributed by atoms with Crippen LogP contribution in [-0.4, -0.2) is 37.8 Å². The average molecular weight is 480 g/mol. The van der Waals surface area contributed by atoms with Crippen molar-refractivity contribution in [3.8, 4) is 5.75 Å². The van der Waals surface area contributed by atoms with Gasteiger partial charge in [-0.3, -0.25) is 4.79 Å². The van der Waals surface area contributed by atoms with Crippen LogP contribution < -0.4 is 10.1 Å². The minimum atomic E-state index is -0.878. The van der Waals surface area contributed by atoms with Crippen LogP contribution in [0.5, 0.6) is 5.75 Å². The van der Waals surface area contributed by atoms with Gasteiger partial charge in [-0.1, -0.05) is 29.3 Å². The Morgan fingerprint density at radius 2 is 1.84 bits per heavy atom. The van der Waals surface area contributed by atoms with Crippen molar-refractivity contribution in [3.63, 3.8) is 0 Å². The fraction of sp³-hybridized carbons (Fsp3) is 0.417. The lowest BCUT2D eigenvalue weighted by molar-refractivity contribution is -0.125. The van der Waals surface area contributed by atoms with Gasteiger partial charge < -0.3 is 19.5 Å². The van der Waals surface area contributed by atoms with Gasteiger partial charge in [-0.05, 0) is 69.5 Å². The van der Waals surface area contributed by atoms with Crippen LogP contribution in [0.15, 0.2) is 36.4 Å². The van der Waals surface area contributed by atoms with Gasteiger partial charge in [0, 0.05) is 28.9 Å². The molecule has 32 heavy (non-hydrogen) atoms. The molecule has 1 aliphatic rings. The number of ether oxygens (including phenoxy) is 3. The first kappa shape index (κ1) is 24.4. The number of halogens is 2. The van der Waals surface area contributed by atoms with Crippen molar-refractivity contribution in [3.05, 3.63) is 57.6 Å². The van der Waals surface area contributed by atoms with E-state index < -0.39 is 11.4 Å². The molecule has 2 aromatic rings. The quantitative estimate of drug-likeness (QED) is 0.519. The molecule has 2 aromatic carbocycles. The van der Waals surface area contributed by atoms with E-state index in [-0.39, 0.29) is 24.2 Å². The Labute approximate surface area is 198 Å². The zero-order chi connectivity index (χ0) is 23.3. The lowest BCUT2D eigenvalue weighted by Crippen LogP contribution is -2.45. The van der Waals surface area contributed by atoms with E-state index in [2.05, 4.69) is 5.32 Å². The molecule has 1 amide bonds. The number of anilines is 1. The number of carbonyl (C=O) groups is 2. The van der Waals surface area contributed by atoms with Gasteiger partial charge in [0.05, 0.1) is 18.1 Å². The van der Waals surface area contributed by atoms with Crippen LogP contribution in [0.4, 0.5) is 5.69 Å². The molecule has 1 fully saturated rings. The van der Waals surface area contributed by atoms with Gasteiger partial charge in [0.25, 0.3) is 0 Å². The van der Waals surface area contributed by atoms with Crippen molar-refractivity contribution in [1.29, 1.82) is 0 Å². The molecule has 0 spiro atoms. The monoisotopic (exact) mass is 479 g/mol. The summed E-state index contributed by atoms with van der Waals surface area (Å²) in [5, 5.41) is 3.90. The Morgan fingerprint density at radius 1 is 1.12 bits per heavy atom. The molecule has 0 bridgehead atoms. The third-order valence-electron chi connectivity index (χ3n) is 5.32. The van der Waals surface area contributed by atoms with Gasteiger partial charge >= 0.3 is 5.97 Å². The third kappa shape index (κ3) is 5.37. The van der Waals surface area contributed by atoms with Crippen LogP contribution in [0.25, 0.3) is 0 Å². The number of esters is 1. The molecule has 1 saturated heterocycles. The van der Waals surface area contributed by atoms with E-state index in [0.717, 1.165) is 0 Å². The maximum atomic E-state index is 13.6. The number of hydrogen-bond acceptors (Lipinski definition) is 5. The Balaban J connectivity index is 1.95. The summed E-state index contributed by atoms with van der Waals surface area (Å²) in [6, 6.07) is 10.1. The van der Waals surface area contributed by atoms with E-state index in [4.69, 9.17) is 37.4 Å². The summed E-state index contributed by atoms with van der Waals surface area (Å²) in [5.41, 5.74) is 0.542. The molecule has 0 unspecified atom stereocenters. The Kier molecular flexibility index (Phi) is 8.04. The van der Waals surface area contributed by atoms with Crippen molar-refractivity contribution < 1.29 is 23.8 Å². The lowest BCUT2D eigenvalue weighted by atomic mass is 9.73. The number of hydrogen-bond donors (Lipinski definition) is 1. The van der Waals surface area contributed by atoms with Gasteiger partial charge in [-0.25, -0.2) is 4.79 Å². The smallest absolute Gasteiger partial charge is 0.341 e. The number of nitrogens with one attached hydrogen (secondary N) is 1. The first-order valence-electron chi connectivity index (χ1n) is 10.6. The molecule has 3 rings (SSSR count). The van der Waals surface area contributed by atoms with Crippen molar-refractivity contribution in [1.82, 2.24) is 0 Å². The van der Waals surface area contributed by atoms with E-state index in [1.165, 1.54) is 0 Å². The maximum Gasteiger partial charge on any atom is 0.341 e. The topological polar surface area (TPSA) is 73.9 Å². The molecular formula is C24H27Cl2NO5. The lowest BCUT2D eigenvalue weighted by Gasteiger charge is -2.37. The Hall–Kier alpha value is -2.28. The number of carbonyl (C=O) groups excluding carboxylic acids is 2. The minimum Gasteiger partial charge on any atom is -0.490 e. The largest absolute Gasteiger partial charge is 0.490 e. The van der Waals surface area contributed by atoms with Crippen molar-refractivity contribution in [2.45, 2.75) is 45.1 Å². The number of rotatable bonds is 7. The Morgan fingerprint density at radius 3 is 2.47 bits per heavy atom. The fourth-order valence-electron chi connectivity index (χ4n) is 3.80. The van der Waals surface area contributed by atoms with Crippen LogP contribution in [0.2, 0.25) is 10.0 Å². The molecule has 8 heteroatoms. The highest BCUT2D eigenvalue weighted by Gasteiger charge is 2.43. The summed E-state index contributed by atoms with van der Waals surface area (Å²) in [6.07, 6.45) is 0.819. The second kappa shape index (κ2) is 10.6. The molecule has 1 heterocycles. The van der Waals surface area contributed by atoms with Crippen LogP contribution in [0, 0.1) is 0 Å². The van der Waals surface area contributed by atoms with Gasteiger partial charge in [0.15, 0.2) is 0 Å². The maximum absolute atomic E-state index is 13.6. The highest BCUT2D eigenvalue weighted by atomic mass is 35.5. The molecule has 0 aromatic heterocycles. The Bertz CT molecular complexity index is 986. The molecule has 172 valence electrons. The zero-order valence-corrected chi connectivity index (χ0v) is 19.9. The molecule has 1 aliphatic heterocycles. The van der Waals surface area contributed by atoms with Crippen molar-refractivity contribution >= 4 is 40.8 Å². The second-order valence-electron chi connectivity index (χ2n) is 7.87. The molecule has 6 nitrogen and oxygen atoms in total. The SMILES string of the molecule is CCOC(=O)c1cc(NC(=O)C2(c3ccc(Cl)cc3Cl)CCOCC2)ccc1OC(C)C. The molecule has 0 atom stereocenters. The van der Waals surface area contributed by atoms with Crippen molar-refractivity contribution in [2.75, 3.05) is 25.1 Å². The minimum absolute atomic E-state index is 0.124. The standard InChI is InChI=1S/C24H27Cl2NO5/c1-4-31-22(28)18-14-17(6-8-21(18)32-15(2)3)27-23(29)24(9-11-30-12-10-24)19-7-5-16(25)13-20(19)26/h5-8,13-15H,4,9-12H2,1-3H3,(H,27,29). The van der Waals surface area contributed by atoms with Gasteiger partial charge in [0.1, 0.15) is 11.3 Å². The molecule has 0 aliphatic carbocycles. The van der Waals surface area contributed by atoms with Crippen molar-refractivity contribution in [2.24, 2.45) is 0 Å². The van der Waals surface area contributed by atoms with Gasteiger partial charge in [-0.2, -0.15) is 0 Å². The van der Waals surface area contributed by atoms with Crippen LogP contribution in [0.1, 0.15) is 49.5 Å². The van der Waals surface area contributed by atoms with E-state index in [1.54, 1.807) is 43.3 Å². The van der Waals surface area contributed by atoms with Crippen LogP contribution in [0.3, 0.4) is 0 Å². The molecular weight excluding hydrogens is 453 g/mol. The summed E-state index contributed by atoms with van der Waals surface area (Å²) in [6.45, 7) is 6.57. The van der Waals surface area contributed by atoms with Crippen LogP contribution in [-0.2, 0) is 19.7 Å². The number of benzene rings is 2. The summed E-state index contributed by atoms with van der Waals surface area (Å²) in [4.78, 5) is 26.1. The predicted octanol–water partition coefficient (Wildman–Crippen LogP) is 5.64. The van der Waals surface area contributed by atoms with E-state index in [9.17, 15) is 9.59 Å². The highest BCUT2D eigenvalue weighted by Crippen LogP contribution is 2.41. The van der Waals surface area contributed by atoms with Crippen LogP contribution >= 0.6 is 23.2 Å². The normalized spacial score (nSPS) is 15.3. The van der Waals surface area contributed by atoms with Gasteiger partial charge in [0.2, 0.25) is 5.91 Å². The first-order valence-corrected chi connectivity index (χ1v) is 11.3. The number of amides is 1. The molecule has 0 radical (unpaired) electrons. The third-order valence-corrected chi connectivity index (χ3v) is 5.87. The summed E-state index contributed by atoms with van der Waals surface area (Å²) < 4.78 is 16.4. The van der Waals surface area contributed by atoms with Gasteiger partial charge in [-0.15, -0.1) is 0 Å². The highest BCUT2D eigenvalue weighted by molar-refractivity contribution is 6.35. The van der Waals surface area contributed by atoms with E-state index >= 15 is 0 Å². The van der Waals surface area contributed by atoms with E-state index in [0.29, 0.717) is 53.1 Å². The molecule has 0 saturated carbocycles.